The highest BCUT2D eigenvalue weighted by atomic mass is 35.5. The maximum absolute atomic E-state index is 13.2. The van der Waals surface area contributed by atoms with Gasteiger partial charge in [-0.2, -0.15) is 0 Å². The van der Waals surface area contributed by atoms with Crippen LogP contribution in [0.4, 0.5) is 0 Å². The fourth-order valence-corrected chi connectivity index (χ4v) is 5.98. The topological polar surface area (TPSA) is 92.7 Å². The van der Waals surface area contributed by atoms with E-state index in [0.717, 1.165) is 36.1 Å². The Morgan fingerprint density at radius 3 is 2.50 bits per heavy atom. The van der Waals surface area contributed by atoms with Crippen molar-refractivity contribution in [1.29, 1.82) is 0 Å². The van der Waals surface area contributed by atoms with Gasteiger partial charge in [-0.3, -0.25) is 19.7 Å². The number of rotatable bonds is 6. The highest BCUT2D eigenvalue weighted by Gasteiger charge is 2.35. The predicted molar refractivity (Wildman–Crippen MR) is 147 cm³/mol. The number of carbonyl (C=O) groups excluding carboxylic acids is 3. The van der Waals surface area contributed by atoms with Crippen molar-refractivity contribution in [3.63, 3.8) is 0 Å². The number of fused-ring (bicyclic) bond motifs is 5. The van der Waals surface area contributed by atoms with Crippen LogP contribution in [0.15, 0.2) is 42.5 Å². The van der Waals surface area contributed by atoms with Gasteiger partial charge in [-0.1, -0.05) is 29.8 Å². The van der Waals surface area contributed by atoms with Gasteiger partial charge in [-0.15, -0.1) is 0 Å². The number of halogens is 1. The van der Waals surface area contributed by atoms with E-state index in [2.05, 4.69) is 15.5 Å². The molecule has 0 aliphatic carbocycles. The minimum absolute atomic E-state index is 0.219. The summed E-state index contributed by atoms with van der Waals surface area (Å²) in [5, 5.41) is 7.31. The summed E-state index contributed by atoms with van der Waals surface area (Å²) in [7, 11) is 3.40. The lowest BCUT2D eigenvalue weighted by atomic mass is 9.92. The zero-order valence-electron chi connectivity index (χ0n) is 21.2. The Balaban J connectivity index is 1.51. The minimum Gasteiger partial charge on any atom is -0.496 e. The Bertz CT molecular complexity index is 1650. The average Bonchev–Trinajstić information content (AvgIpc) is 3.61. The molecule has 2 aliphatic rings. The van der Waals surface area contributed by atoms with Gasteiger partial charge in [0, 0.05) is 47.0 Å². The molecule has 0 atom stereocenters. The van der Waals surface area contributed by atoms with Crippen molar-refractivity contribution in [3.05, 3.63) is 64.2 Å². The number of carbonyl (C=O) groups is 3. The molecule has 0 bridgehead atoms. The number of aryl methyl sites for hydroxylation is 1. The molecule has 4 aromatic rings. The number of methoxy groups -OCH3 is 1. The van der Waals surface area contributed by atoms with Crippen LogP contribution in [0.25, 0.3) is 32.9 Å². The molecule has 194 valence electrons. The summed E-state index contributed by atoms with van der Waals surface area (Å²) < 4.78 is 7.56. The summed E-state index contributed by atoms with van der Waals surface area (Å²) in [5.74, 6) is -0.737. The van der Waals surface area contributed by atoms with Crippen LogP contribution in [0.5, 0.6) is 5.75 Å². The predicted octanol–water partition coefficient (Wildman–Crippen LogP) is 4.37. The van der Waals surface area contributed by atoms with E-state index in [-0.39, 0.29) is 5.91 Å². The van der Waals surface area contributed by atoms with E-state index in [4.69, 9.17) is 16.3 Å². The third kappa shape index (κ3) is 3.83. The molecule has 1 saturated heterocycles. The van der Waals surface area contributed by atoms with Crippen LogP contribution < -0.4 is 15.4 Å². The minimum atomic E-state index is -0.459. The molecule has 1 fully saturated rings. The Morgan fingerprint density at radius 2 is 1.76 bits per heavy atom. The van der Waals surface area contributed by atoms with Crippen molar-refractivity contribution in [1.82, 2.24) is 20.1 Å². The van der Waals surface area contributed by atoms with E-state index in [1.54, 1.807) is 18.2 Å². The van der Waals surface area contributed by atoms with Crippen LogP contribution in [-0.4, -0.2) is 60.5 Å². The van der Waals surface area contributed by atoms with Gasteiger partial charge >= 0.3 is 0 Å². The third-order valence-corrected chi connectivity index (χ3v) is 7.95. The molecule has 0 unspecified atom stereocenters. The summed E-state index contributed by atoms with van der Waals surface area (Å²) in [4.78, 5) is 41.6. The van der Waals surface area contributed by atoms with E-state index in [1.807, 2.05) is 35.9 Å². The van der Waals surface area contributed by atoms with Crippen LogP contribution in [-0.2, 0) is 7.05 Å². The smallest absolute Gasteiger partial charge is 0.259 e. The van der Waals surface area contributed by atoms with Crippen molar-refractivity contribution >= 4 is 51.1 Å². The van der Waals surface area contributed by atoms with Gasteiger partial charge in [0.05, 0.1) is 29.3 Å². The van der Waals surface area contributed by atoms with Crippen LogP contribution >= 0.6 is 11.6 Å². The number of hydrogen-bond acceptors (Lipinski definition) is 5. The third-order valence-electron chi connectivity index (χ3n) is 7.62. The number of imide groups is 1. The van der Waals surface area contributed by atoms with E-state index in [9.17, 15) is 14.4 Å². The van der Waals surface area contributed by atoms with Gasteiger partial charge in [-0.25, -0.2) is 0 Å². The molecule has 2 aliphatic heterocycles. The zero-order chi connectivity index (χ0) is 26.6. The number of aromatic nitrogens is 1. The standard InChI is InChI=1S/C29H27ClN4O4/c1-33-21-14-19(27(35)31-9-12-34-10-5-6-11-34)23(38-2)15-18(21)24-22(33)13-17(16-7-3-4-8-20(16)30)25-26(24)29(37)32-28(25)36/h3-4,7-8,13-15H,5-6,9-12H2,1-2H3,(H,31,35)(H,32,36,37). The van der Waals surface area contributed by atoms with E-state index < -0.39 is 11.8 Å². The molecular formula is C29H27ClN4O4. The van der Waals surface area contributed by atoms with Gasteiger partial charge in [-0.05, 0) is 55.8 Å². The average molecular weight is 531 g/mol. The SMILES string of the molecule is COc1cc2c3c4c(c(-c5ccccc5Cl)cc3n(C)c2cc1C(=O)NCCN1CCCC1)C(=O)NC4=O. The van der Waals surface area contributed by atoms with Gasteiger partial charge in [0.25, 0.3) is 17.7 Å². The van der Waals surface area contributed by atoms with Gasteiger partial charge in [0.15, 0.2) is 0 Å². The lowest BCUT2D eigenvalue weighted by Gasteiger charge is -2.15. The van der Waals surface area contributed by atoms with Crippen molar-refractivity contribution in [2.75, 3.05) is 33.3 Å². The Labute approximate surface area is 224 Å². The summed E-state index contributed by atoms with van der Waals surface area (Å²) in [6.07, 6.45) is 2.40. The molecule has 0 saturated carbocycles. The second-order valence-electron chi connectivity index (χ2n) is 9.76. The normalized spacial score (nSPS) is 15.3. The van der Waals surface area contributed by atoms with Crippen molar-refractivity contribution in [2.45, 2.75) is 12.8 Å². The van der Waals surface area contributed by atoms with Gasteiger partial charge in [0.2, 0.25) is 0 Å². The molecule has 2 N–H and O–H groups in total. The molecule has 0 radical (unpaired) electrons. The molecule has 38 heavy (non-hydrogen) atoms. The summed E-state index contributed by atoms with van der Waals surface area (Å²) >= 11 is 6.51. The van der Waals surface area contributed by atoms with Crippen LogP contribution in [0, 0.1) is 0 Å². The number of likely N-dealkylation sites (tertiary alicyclic amines) is 1. The summed E-state index contributed by atoms with van der Waals surface area (Å²) in [6, 6.07) is 12.7. The van der Waals surface area contributed by atoms with Crippen molar-refractivity contribution in [3.8, 4) is 16.9 Å². The first-order valence-corrected chi connectivity index (χ1v) is 13.0. The Morgan fingerprint density at radius 1 is 1.03 bits per heavy atom. The largest absolute Gasteiger partial charge is 0.496 e. The summed E-state index contributed by atoms with van der Waals surface area (Å²) in [5.41, 5.74) is 3.75. The molecule has 1 aromatic heterocycles. The molecular weight excluding hydrogens is 504 g/mol. The quantitative estimate of drug-likeness (QED) is 0.361. The molecule has 3 amide bonds. The first kappa shape index (κ1) is 24.5. The Hall–Kier alpha value is -3.88. The van der Waals surface area contributed by atoms with Crippen LogP contribution in [0.3, 0.4) is 0 Å². The van der Waals surface area contributed by atoms with Gasteiger partial charge in [0.1, 0.15) is 5.75 Å². The monoisotopic (exact) mass is 530 g/mol. The van der Waals surface area contributed by atoms with Crippen molar-refractivity contribution in [2.24, 2.45) is 7.05 Å². The highest BCUT2D eigenvalue weighted by Crippen LogP contribution is 2.43. The van der Waals surface area contributed by atoms with E-state index in [1.165, 1.54) is 20.0 Å². The number of amides is 3. The van der Waals surface area contributed by atoms with E-state index in [0.29, 0.717) is 50.5 Å². The number of nitrogens with one attached hydrogen (secondary N) is 2. The number of nitrogens with zero attached hydrogens (tertiary/aromatic N) is 2. The molecule has 8 nitrogen and oxygen atoms in total. The first-order valence-electron chi connectivity index (χ1n) is 12.7. The maximum atomic E-state index is 13.2. The fraction of sp³-hybridized carbons (Fsp3) is 0.276. The second-order valence-corrected chi connectivity index (χ2v) is 10.2. The number of benzene rings is 3. The lowest BCUT2D eigenvalue weighted by Crippen LogP contribution is -2.33. The molecule has 3 aromatic carbocycles. The zero-order valence-corrected chi connectivity index (χ0v) is 21.9. The van der Waals surface area contributed by atoms with E-state index >= 15 is 0 Å². The van der Waals surface area contributed by atoms with Gasteiger partial charge < -0.3 is 19.5 Å². The Kier molecular flexibility index (Phi) is 6.08. The maximum Gasteiger partial charge on any atom is 0.259 e. The molecule has 9 heteroatoms. The van der Waals surface area contributed by atoms with Crippen molar-refractivity contribution < 1.29 is 19.1 Å². The van der Waals surface area contributed by atoms with Crippen LogP contribution in [0.1, 0.15) is 43.9 Å². The molecule has 6 rings (SSSR count). The lowest BCUT2D eigenvalue weighted by molar-refractivity contribution is 0.0878. The summed E-state index contributed by atoms with van der Waals surface area (Å²) in [6.45, 7) is 3.49. The molecule has 3 heterocycles. The highest BCUT2D eigenvalue weighted by molar-refractivity contribution is 6.36. The number of ether oxygens (including phenoxy) is 1. The second kappa shape index (κ2) is 9.45. The fourth-order valence-electron chi connectivity index (χ4n) is 5.74. The number of hydrogen-bond donors (Lipinski definition) is 2. The molecule has 0 spiro atoms. The first-order chi connectivity index (χ1) is 18.4. The van der Waals surface area contributed by atoms with Crippen LogP contribution in [0.2, 0.25) is 5.02 Å².